The summed E-state index contributed by atoms with van der Waals surface area (Å²) in [6.45, 7) is -0.251. The SMILES string of the molecule is CS(=O)(=O)CCNS(=O)(=O)c1csc(C(=O)O)c1. The molecule has 0 aromatic carbocycles. The van der Waals surface area contributed by atoms with Crippen molar-refractivity contribution < 1.29 is 26.7 Å². The highest BCUT2D eigenvalue weighted by Crippen LogP contribution is 2.18. The van der Waals surface area contributed by atoms with Crippen LogP contribution in [0.15, 0.2) is 16.3 Å². The molecule has 0 saturated carbocycles. The minimum absolute atomic E-state index is 0.0986. The lowest BCUT2D eigenvalue weighted by molar-refractivity contribution is 0.0702. The topological polar surface area (TPSA) is 118 Å². The molecule has 0 aliphatic heterocycles. The maximum absolute atomic E-state index is 11.7. The van der Waals surface area contributed by atoms with Gasteiger partial charge in [-0.3, -0.25) is 0 Å². The first kappa shape index (κ1) is 15.1. The molecule has 1 heterocycles. The second-order valence-electron chi connectivity index (χ2n) is 3.48. The van der Waals surface area contributed by atoms with Gasteiger partial charge in [-0.05, 0) is 6.07 Å². The van der Waals surface area contributed by atoms with Gasteiger partial charge in [0.05, 0.1) is 10.6 Å². The van der Waals surface area contributed by atoms with Crippen molar-refractivity contribution in [2.45, 2.75) is 4.90 Å². The molecule has 0 saturated heterocycles. The number of nitrogens with one attached hydrogen (secondary N) is 1. The van der Waals surface area contributed by atoms with Crippen molar-refractivity contribution in [1.82, 2.24) is 4.72 Å². The zero-order valence-electron chi connectivity index (χ0n) is 9.28. The zero-order chi connectivity index (χ0) is 14.0. The number of aromatic carboxylic acids is 1. The summed E-state index contributed by atoms with van der Waals surface area (Å²) in [6.07, 6.45) is 0.994. The Morgan fingerprint density at radius 3 is 2.44 bits per heavy atom. The number of carbonyl (C=O) groups is 1. The summed E-state index contributed by atoms with van der Waals surface area (Å²) < 4.78 is 47.1. The molecular weight excluding hydrogens is 302 g/mol. The molecule has 0 atom stereocenters. The number of thiophene rings is 1. The molecule has 0 aliphatic rings. The van der Waals surface area contributed by atoms with E-state index >= 15 is 0 Å². The molecule has 0 bridgehead atoms. The van der Waals surface area contributed by atoms with Gasteiger partial charge in [-0.2, -0.15) is 0 Å². The second kappa shape index (κ2) is 5.34. The predicted octanol–water partition coefficient (Wildman–Crippen LogP) is -0.231. The minimum Gasteiger partial charge on any atom is -0.477 e. The Labute approximate surface area is 108 Å². The highest BCUT2D eigenvalue weighted by Gasteiger charge is 2.18. The lowest BCUT2D eigenvalue weighted by Gasteiger charge is -2.03. The fraction of sp³-hybridized carbons (Fsp3) is 0.375. The van der Waals surface area contributed by atoms with E-state index in [9.17, 15) is 21.6 Å². The maximum Gasteiger partial charge on any atom is 0.345 e. The van der Waals surface area contributed by atoms with Crippen molar-refractivity contribution in [3.8, 4) is 0 Å². The standard InChI is InChI=1S/C8H11NO6S3/c1-17(12,13)3-2-9-18(14,15)6-4-7(8(10)11)16-5-6/h4-5,9H,2-3H2,1H3,(H,10,11). The molecule has 0 radical (unpaired) electrons. The summed E-state index contributed by atoms with van der Waals surface area (Å²) in [6, 6.07) is 1.02. The van der Waals surface area contributed by atoms with Gasteiger partial charge in [-0.15, -0.1) is 11.3 Å². The molecule has 0 fully saturated rings. The zero-order valence-corrected chi connectivity index (χ0v) is 11.7. The van der Waals surface area contributed by atoms with Gasteiger partial charge in [-0.25, -0.2) is 26.4 Å². The van der Waals surface area contributed by atoms with Crippen LogP contribution in [0.1, 0.15) is 9.67 Å². The molecule has 0 spiro atoms. The second-order valence-corrected chi connectivity index (χ2v) is 8.42. The largest absolute Gasteiger partial charge is 0.477 e. The number of carboxylic acids is 1. The fourth-order valence-electron chi connectivity index (χ4n) is 1.02. The van der Waals surface area contributed by atoms with Crippen molar-refractivity contribution in [3.63, 3.8) is 0 Å². The van der Waals surface area contributed by atoms with E-state index in [1.165, 1.54) is 5.38 Å². The summed E-state index contributed by atoms with van der Waals surface area (Å²) in [4.78, 5) is 10.3. The van der Waals surface area contributed by atoms with E-state index in [2.05, 4.69) is 4.72 Å². The number of carboxylic acid groups (broad SMARTS) is 1. The molecule has 102 valence electrons. The lowest BCUT2D eigenvalue weighted by atomic mass is 10.5. The van der Waals surface area contributed by atoms with Crippen LogP contribution in [0, 0.1) is 0 Å². The summed E-state index contributed by atoms with van der Waals surface area (Å²) in [5.41, 5.74) is 0. The molecular formula is C8H11NO6S3. The third-order valence-electron chi connectivity index (χ3n) is 1.86. The van der Waals surface area contributed by atoms with Crippen LogP contribution in [-0.4, -0.2) is 46.5 Å². The predicted molar refractivity (Wildman–Crippen MR) is 66.2 cm³/mol. The molecule has 7 nitrogen and oxygen atoms in total. The van der Waals surface area contributed by atoms with Gasteiger partial charge < -0.3 is 5.11 Å². The van der Waals surface area contributed by atoms with Crippen molar-refractivity contribution in [2.24, 2.45) is 0 Å². The summed E-state index contributed by atoms with van der Waals surface area (Å²) in [7, 11) is -7.12. The highest BCUT2D eigenvalue weighted by atomic mass is 32.2. The first-order valence-corrected chi connectivity index (χ1v) is 9.03. The molecule has 1 aromatic rings. The van der Waals surface area contributed by atoms with E-state index in [1.54, 1.807) is 0 Å². The van der Waals surface area contributed by atoms with Gasteiger partial charge >= 0.3 is 5.97 Å². The van der Waals surface area contributed by atoms with Crippen LogP contribution in [0.3, 0.4) is 0 Å². The Balaban J connectivity index is 2.77. The van der Waals surface area contributed by atoms with E-state index in [1.807, 2.05) is 0 Å². The number of hydrogen-bond acceptors (Lipinski definition) is 6. The van der Waals surface area contributed by atoms with Crippen molar-refractivity contribution >= 4 is 37.2 Å². The van der Waals surface area contributed by atoms with Crippen LogP contribution in [0.4, 0.5) is 0 Å². The third-order valence-corrected chi connectivity index (χ3v) is 5.31. The van der Waals surface area contributed by atoms with Crippen LogP contribution in [0.5, 0.6) is 0 Å². The first-order chi connectivity index (χ1) is 8.12. The van der Waals surface area contributed by atoms with Crippen molar-refractivity contribution in [3.05, 3.63) is 16.3 Å². The summed E-state index contributed by atoms with van der Waals surface area (Å²) in [5.74, 6) is -1.53. The Bertz CT molecular complexity index is 642. The quantitative estimate of drug-likeness (QED) is 0.749. The molecule has 2 N–H and O–H groups in total. The van der Waals surface area contributed by atoms with Crippen LogP contribution in [-0.2, 0) is 19.9 Å². The molecule has 0 unspecified atom stereocenters. The maximum atomic E-state index is 11.7. The molecule has 1 rings (SSSR count). The van der Waals surface area contributed by atoms with Crippen LogP contribution >= 0.6 is 11.3 Å². The lowest BCUT2D eigenvalue weighted by Crippen LogP contribution is -2.28. The van der Waals surface area contributed by atoms with Crippen molar-refractivity contribution in [2.75, 3.05) is 18.6 Å². The van der Waals surface area contributed by atoms with Gasteiger partial charge in [0, 0.05) is 18.2 Å². The van der Waals surface area contributed by atoms with E-state index < -0.39 is 25.8 Å². The summed E-state index contributed by atoms with van der Waals surface area (Å²) in [5, 5.41) is 9.85. The third kappa shape index (κ3) is 4.37. The highest BCUT2D eigenvalue weighted by molar-refractivity contribution is 7.91. The first-order valence-electron chi connectivity index (χ1n) is 4.61. The molecule has 18 heavy (non-hydrogen) atoms. The fourth-order valence-corrected chi connectivity index (χ4v) is 3.76. The average molecular weight is 313 g/mol. The average Bonchev–Trinajstić information content (AvgIpc) is 2.63. The number of rotatable bonds is 6. The Morgan fingerprint density at radius 2 is 2.00 bits per heavy atom. The van der Waals surface area contributed by atoms with E-state index in [0.29, 0.717) is 0 Å². The molecule has 10 heteroatoms. The molecule has 0 amide bonds. The van der Waals surface area contributed by atoms with Crippen LogP contribution < -0.4 is 4.72 Å². The molecule has 0 aliphatic carbocycles. The van der Waals surface area contributed by atoms with Gasteiger partial charge in [-0.1, -0.05) is 0 Å². The monoisotopic (exact) mass is 313 g/mol. The normalized spacial score (nSPS) is 12.5. The Kier molecular flexibility index (Phi) is 4.48. The van der Waals surface area contributed by atoms with Gasteiger partial charge in [0.25, 0.3) is 0 Å². The Morgan fingerprint density at radius 1 is 1.39 bits per heavy atom. The minimum atomic E-state index is -3.86. The van der Waals surface area contributed by atoms with E-state index in [4.69, 9.17) is 5.11 Å². The summed E-state index contributed by atoms with van der Waals surface area (Å²) >= 11 is 0.787. The van der Waals surface area contributed by atoms with E-state index in [0.717, 1.165) is 23.7 Å². The van der Waals surface area contributed by atoms with Crippen LogP contribution in [0.2, 0.25) is 0 Å². The number of sulfonamides is 1. The van der Waals surface area contributed by atoms with Gasteiger partial charge in [0.1, 0.15) is 14.7 Å². The smallest absolute Gasteiger partial charge is 0.345 e. The number of sulfone groups is 1. The van der Waals surface area contributed by atoms with Gasteiger partial charge in [0.2, 0.25) is 10.0 Å². The van der Waals surface area contributed by atoms with Crippen LogP contribution in [0.25, 0.3) is 0 Å². The Hall–Kier alpha value is -0.970. The van der Waals surface area contributed by atoms with Crippen molar-refractivity contribution in [1.29, 1.82) is 0 Å². The van der Waals surface area contributed by atoms with Gasteiger partial charge in [0.15, 0.2) is 0 Å². The number of hydrogen-bond donors (Lipinski definition) is 2. The molecule has 1 aromatic heterocycles. The van der Waals surface area contributed by atoms with E-state index in [-0.39, 0.29) is 22.1 Å².